The van der Waals surface area contributed by atoms with Gasteiger partial charge in [0, 0.05) is 0 Å². The molecule has 0 saturated heterocycles. The summed E-state index contributed by atoms with van der Waals surface area (Å²) in [5, 5.41) is 0. The predicted molar refractivity (Wildman–Crippen MR) is 30.6 cm³/mol. The zero-order valence-corrected chi connectivity index (χ0v) is 5.60. The fourth-order valence-electron chi connectivity index (χ4n) is 0. The third-order valence-corrected chi connectivity index (χ3v) is 0. The SMILES string of the molecule is C#C.CN(C)C.[H-].[Li+]. The van der Waals surface area contributed by atoms with Crippen LogP contribution in [-0.2, 0) is 0 Å². The maximum absolute atomic E-state index is 4.00. The van der Waals surface area contributed by atoms with Crippen molar-refractivity contribution in [3.63, 3.8) is 0 Å². The summed E-state index contributed by atoms with van der Waals surface area (Å²) in [6.45, 7) is 0. The van der Waals surface area contributed by atoms with E-state index < -0.39 is 0 Å². The molecule has 1 nitrogen and oxygen atoms in total. The Balaban J connectivity index is -0.0000000183. The Bertz CT molecular complexity index is 33.9. The molecule has 2 heteroatoms. The fourth-order valence-corrected chi connectivity index (χ4v) is 0. The van der Waals surface area contributed by atoms with Gasteiger partial charge in [0.15, 0.2) is 0 Å². The molecule has 0 N–H and O–H groups in total. The van der Waals surface area contributed by atoms with Crippen LogP contribution in [0.3, 0.4) is 0 Å². The molecule has 0 heterocycles. The molecule has 0 aromatic heterocycles. The molecular formula is C5H12LiN. The Hall–Kier alpha value is 0.117. The molecule has 0 bridgehead atoms. The van der Waals surface area contributed by atoms with E-state index in [1.807, 2.05) is 26.0 Å². The van der Waals surface area contributed by atoms with Crippen molar-refractivity contribution in [2.24, 2.45) is 0 Å². The average molecular weight is 93.1 g/mol. The summed E-state index contributed by atoms with van der Waals surface area (Å²) >= 11 is 0. The Labute approximate surface area is 59.7 Å². The van der Waals surface area contributed by atoms with Crippen LogP contribution in [-0.4, -0.2) is 26.0 Å². The summed E-state index contributed by atoms with van der Waals surface area (Å²) in [5.41, 5.74) is 0. The number of rotatable bonds is 0. The quantitative estimate of drug-likeness (QED) is 0.237. The molecule has 0 aromatic rings. The van der Waals surface area contributed by atoms with E-state index in [1.165, 1.54) is 0 Å². The van der Waals surface area contributed by atoms with Crippen molar-refractivity contribution < 1.29 is 20.3 Å². The molecule has 0 spiro atoms. The Morgan fingerprint density at radius 1 is 1.14 bits per heavy atom. The summed E-state index contributed by atoms with van der Waals surface area (Å²) in [7, 11) is 6.00. The first kappa shape index (κ1) is 15.7. The van der Waals surface area contributed by atoms with Crippen molar-refractivity contribution in [1.29, 1.82) is 0 Å². The van der Waals surface area contributed by atoms with Crippen molar-refractivity contribution >= 4 is 0 Å². The molecule has 0 aromatic carbocycles. The number of hydrogen-bond donors (Lipinski definition) is 0. The number of nitrogens with zero attached hydrogens (tertiary/aromatic N) is 1. The third-order valence-electron chi connectivity index (χ3n) is 0. The van der Waals surface area contributed by atoms with E-state index in [2.05, 4.69) is 12.8 Å². The summed E-state index contributed by atoms with van der Waals surface area (Å²) in [4.78, 5) is 2.00. The summed E-state index contributed by atoms with van der Waals surface area (Å²) < 4.78 is 0. The van der Waals surface area contributed by atoms with Crippen LogP contribution in [0.5, 0.6) is 0 Å². The van der Waals surface area contributed by atoms with Gasteiger partial charge in [-0.1, -0.05) is 0 Å². The monoisotopic (exact) mass is 93.1 g/mol. The molecule has 0 aliphatic rings. The molecule has 7 heavy (non-hydrogen) atoms. The second-order valence-electron chi connectivity index (χ2n) is 1.34. The molecule has 38 valence electrons. The van der Waals surface area contributed by atoms with Gasteiger partial charge in [-0.25, -0.2) is 0 Å². The first-order valence-corrected chi connectivity index (χ1v) is 1.67. The minimum Gasteiger partial charge on any atom is -1.00 e. The van der Waals surface area contributed by atoms with Crippen LogP contribution >= 0.6 is 0 Å². The van der Waals surface area contributed by atoms with Gasteiger partial charge in [0.1, 0.15) is 0 Å². The topological polar surface area (TPSA) is 3.24 Å². The Kier molecular flexibility index (Phi) is 37.0. The van der Waals surface area contributed by atoms with Gasteiger partial charge in [0.2, 0.25) is 0 Å². The predicted octanol–water partition coefficient (Wildman–Crippen LogP) is -2.46. The van der Waals surface area contributed by atoms with Crippen LogP contribution in [0.1, 0.15) is 1.43 Å². The van der Waals surface area contributed by atoms with Gasteiger partial charge in [0.05, 0.1) is 0 Å². The van der Waals surface area contributed by atoms with Crippen LogP contribution in [0.4, 0.5) is 0 Å². The molecule has 0 aliphatic heterocycles. The van der Waals surface area contributed by atoms with Crippen LogP contribution in [0.2, 0.25) is 0 Å². The van der Waals surface area contributed by atoms with Crippen molar-refractivity contribution in [2.45, 2.75) is 0 Å². The zero-order valence-electron chi connectivity index (χ0n) is 6.60. The largest absolute Gasteiger partial charge is 1.00 e. The van der Waals surface area contributed by atoms with Crippen molar-refractivity contribution in [1.82, 2.24) is 4.90 Å². The first-order chi connectivity index (χ1) is 2.73. The summed E-state index contributed by atoms with van der Waals surface area (Å²) in [5.74, 6) is 0. The molecule has 0 fully saturated rings. The zero-order chi connectivity index (χ0) is 5.58. The number of terminal acetylenes is 1. The Morgan fingerprint density at radius 3 is 1.14 bits per heavy atom. The second kappa shape index (κ2) is 16.5. The van der Waals surface area contributed by atoms with Gasteiger partial charge in [-0.2, -0.15) is 0 Å². The fraction of sp³-hybridized carbons (Fsp3) is 0.600. The van der Waals surface area contributed by atoms with E-state index in [-0.39, 0.29) is 20.3 Å². The first-order valence-electron chi connectivity index (χ1n) is 1.67. The maximum atomic E-state index is 4.00. The molecule has 0 rings (SSSR count). The van der Waals surface area contributed by atoms with Crippen molar-refractivity contribution in [3.8, 4) is 12.8 Å². The van der Waals surface area contributed by atoms with E-state index in [0.717, 1.165) is 0 Å². The minimum atomic E-state index is 0. The third kappa shape index (κ3) is 7520. The van der Waals surface area contributed by atoms with E-state index >= 15 is 0 Å². The van der Waals surface area contributed by atoms with Crippen molar-refractivity contribution in [2.75, 3.05) is 21.1 Å². The van der Waals surface area contributed by atoms with Gasteiger partial charge >= 0.3 is 18.9 Å². The van der Waals surface area contributed by atoms with Gasteiger partial charge < -0.3 is 6.33 Å². The Morgan fingerprint density at radius 2 is 1.14 bits per heavy atom. The summed E-state index contributed by atoms with van der Waals surface area (Å²) in [6, 6.07) is 0. The van der Waals surface area contributed by atoms with Gasteiger partial charge in [-0.05, 0) is 21.1 Å². The molecule has 0 aliphatic carbocycles. The van der Waals surface area contributed by atoms with Crippen molar-refractivity contribution in [3.05, 3.63) is 0 Å². The van der Waals surface area contributed by atoms with Crippen LogP contribution in [0.25, 0.3) is 0 Å². The molecular weight excluding hydrogens is 81.0 g/mol. The molecule has 0 radical (unpaired) electrons. The number of hydrogen-bond acceptors (Lipinski definition) is 1. The molecule has 0 atom stereocenters. The standard InChI is InChI=1S/C3H9N.C2H2.Li.H/c1-4(2)3;1-2;;/h1-3H3;1-2H;;/q;;+1;-1. The van der Waals surface area contributed by atoms with Gasteiger partial charge in [-0.15, -0.1) is 12.8 Å². The maximum Gasteiger partial charge on any atom is 1.00 e. The second-order valence-corrected chi connectivity index (χ2v) is 1.34. The molecule has 0 unspecified atom stereocenters. The van der Waals surface area contributed by atoms with E-state index in [9.17, 15) is 0 Å². The van der Waals surface area contributed by atoms with Crippen LogP contribution < -0.4 is 18.9 Å². The van der Waals surface area contributed by atoms with Gasteiger partial charge in [0.25, 0.3) is 0 Å². The normalized spacial score (nSPS) is 5.43. The molecule has 0 amide bonds. The van der Waals surface area contributed by atoms with E-state index in [4.69, 9.17) is 0 Å². The van der Waals surface area contributed by atoms with Gasteiger partial charge in [-0.3, -0.25) is 0 Å². The minimum absolute atomic E-state index is 0. The molecule has 0 saturated carbocycles. The summed E-state index contributed by atoms with van der Waals surface area (Å²) in [6.07, 6.45) is 8.00. The van der Waals surface area contributed by atoms with Crippen LogP contribution in [0.15, 0.2) is 0 Å². The van der Waals surface area contributed by atoms with E-state index in [0.29, 0.717) is 0 Å². The van der Waals surface area contributed by atoms with E-state index in [1.54, 1.807) is 0 Å². The van der Waals surface area contributed by atoms with Crippen LogP contribution in [0, 0.1) is 12.8 Å². The average Bonchev–Trinajstić information content (AvgIpc) is 1.41. The smallest absolute Gasteiger partial charge is 1.00 e.